The molecule has 0 aliphatic heterocycles. The van der Waals surface area contributed by atoms with Crippen molar-refractivity contribution in [3.05, 3.63) is 57.8 Å². The fourth-order valence-electron chi connectivity index (χ4n) is 2.64. The molecule has 3 N–H and O–H groups in total. The van der Waals surface area contributed by atoms with Gasteiger partial charge in [0.2, 0.25) is 5.82 Å². The largest absolute Gasteiger partial charge is 0.393 e. The highest BCUT2D eigenvalue weighted by molar-refractivity contribution is 5.71. The minimum atomic E-state index is -0.495. The zero-order valence-electron chi connectivity index (χ0n) is 10.7. The van der Waals surface area contributed by atoms with E-state index in [1.807, 2.05) is 18.2 Å². The molecule has 0 fully saturated rings. The van der Waals surface area contributed by atoms with E-state index in [0.717, 1.165) is 12.8 Å². The van der Waals surface area contributed by atoms with Crippen LogP contribution in [0.5, 0.6) is 0 Å². The number of hydrogen-bond donors (Lipinski definition) is 2. The van der Waals surface area contributed by atoms with Gasteiger partial charge in [-0.2, -0.15) is 0 Å². The van der Waals surface area contributed by atoms with Crippen molar-refractivity contribution < 1.29 is 4.92 Å². The number of nitrogens with one attached hydrogen (secondary N) is 1. The second kappa shape index (κ2) is 4.80. The molecule has 1 aromatic heterocycles. The first-order valence-corrected chi connectivity index (χ1v) is 6.40. The Bertz CT molecular complexity index is 672. The van der Waals surface area contributed by atoms with Crippen LogP contribution in [0.15, 0.2) is 36.5 Å². The number of rotatable bonds is 3. The Kier molecular flexibility index (Phi) is 2.98. The molecule has 1 aromatic carbocycles. The molecule has 1 heterocycles. The van der Waals surface area contributed by atoms with Crippen molar-refractivity contribution in [1.82, 2.24) is 4.98 Å². The molecular formula is C14H14N4O2. The van der Waals surface area contributed by atoms with Gasteiger partial charge in [0, 0.05) is 6.20 Å². The third-order valence-corrected chi connectivity index (χ3v) is 3.58. The number of nitrogens with two attached hydrogens (primary N) is 1. The minimum absolute atomic E-state index is 0.0409. The van der Waals surface area contributed by atoms with Crippen molar-refractivity contribution in [3.8, 4) is 0 Å². The standard InChI is InChI=1S/C14H14N4O2/c15-11-7-8-16-14(13(11)18(19)20)17-12-6-5-9-3-1-2-4-10(9)12/h1-4,7-8,12H,5-6H2,(H3,15,16,17)/t12-/m0/s1. The van der Waals surface area contributed by atoms with Gasteiger partial charge in [-0.25, -0.2) is 4.98 Å². The van der Waals surface area contributed by atoms with Crippen LogP contribution < -0.4 is 11.1 Å². The van der Waals surface area contributed by atoms with E-state index in [0.29, 0.717) is 0 Å². The molecule has 1 atom stereocenters. The zero-order chi connectivity index (χ0) is 14.1. The molecule has 0 bridgehead atoms. The zero-order valence-corrected chi connectivity index (χ0v) is 10.7. The Balaban J connectivity index is 1.94. The van der Waals surface area contributed by atoms with Crippen molar-refractivity contribution >= 4 is 17.2 Å². The normalized spacial score (nSPS) is 16.7. The van der Waals surface area contributed by atoms with E-state index >= 15 is 0 Å². The smallest absolute Gasteiger partial charge is 0.334 e. The van der Waals surface area contributed by atoms with E-state index in [1.54, 1.807) is 0 Å². The van der Waals surface area contributed by atoms with Crippen LogP contribution in [0.1, 0.15) is 23.6 Å². The van der Waals surface area contributed by atoms with Crippen molar-refractivity contribution in [2.24, 2.45) is 0 Å². The average Bonchev–Trinajstić information content (AvgIpc) is 2.82. The number of hydrogen-bond acceptors (Lipinski definition) is 5. The summed E-state index contributed by atoms with van der Waals surface area (Å²) >= 11 is 0. The van der Waals surface area contributed by atoms with Gasteiger partial charge in [-0.3, -0.25) is 10.1 Å². The average molecular weight is 270 g/mol. The van der Waals surface area contributed by atoms with E-state index in [-0.39, 0.29) is 23.2 Å². The highest BCUT2D eigenvalue weighted by atomic mass is 16.6. The van der Waals surface area contributed by atoms with Gasteiger partial charge in [-0.15, -0.1) is 0 Å². The molecule has 0 unspecified atom stereocenters. The lowest BCUT2D eigenvalue weighted by atomic mass is 10.1. The molecule has 0 spiro atoms. The Labute approximate surface area is 115 Å². The van der Waals surface area contributed by atoms with Crippen LogP contribution in [0.4, 0.5) is 17.2 Å². The second-order valence-electron chi connectivity index (χ2n) is 4.79. The van der Waals surface area contributed by atoms with Crippen LogP contribution in [0.2, 0.25) is 0 Å². The van der Waals surface area contributed by atoms with E-state index in [9.17, 15) is 10.1 Å². The summed E-state index contributed by atoms with van der Waals surface area (Å²) in [5.41, 5.74) is 8.08. The van der Waals surface area contributed by atoms with Gasteiger partial charge in [0.25, 0.3) is 0 Å². The summed E-state index contributed by atoms with van der Waals surface area (Å²) in [6.45, 7) is 0. The fraction of sp³-hybridized carbons (Fsp3) is 0.214. The minimum Gasteiger partial charge on any atom is -0.393 e. The third-order valence-electron chi connectivity index (χ3n) is 3.58. The maximum absolute atomic E-state index is 11.1. The van der Waals surface area contributed by atoms with Crippen molar-refractivity contribution in [3.63, 3.8) is 0 Å². The van der Waals surface area contributed by atoms with Crippen LogP contribution in [-0.4, -0.2) is 9.91 Å². The van der Waals surface area contributed by atoms with Crippen LogP contribution in [-0.2, 0) is 6.42 Å². The van der Waals surface area contributed by atoms with Crippen molar-refractivity contribution in [2.75, 3.05) is 11.1 Å². The lowest BCUT2D eigenvalue weighted by Gasteiger charge is -2.15. The van der Waals surface area contributed by atoms with E-state index in [4.69, 9.17) is 5.73 Å². The van der Waals surface area contributed by atoms with E-state index in [1.165, 1.54) is 23.4 Å². The quantitative estimate of drug-likeness (QED) is 0.660. The lowest BCUT2D eigenvalue weighted by Crippen LogP contribution is -2.11. The molecule has 3 rings (SSSR count). The summed E-state index contributed by atoms with van der Waals surface area (Å²) in [7, 11) is 0. The number of pyridine rings is 1. The number of nitrogens with zero attached hydrogens (tertiary/aromatic N) is 2. The number of fused-ring (bicyclic) bond motifs is 1. The van der Waals surface area contributed by atoms with Gasteiger partial charge in [0.1, 0.15) is 5.69 Å². The van der Waals surface area contributed by atoms with Crippen LogP contribution in [0.3, 0.4) is 0 Å². The Hall–Kier alpha value is -2.63. The first-order chi connectivity index (χ1) is 9.66. The predicted octanol–water partition coefficient (Wildman–Crippen LogP) is 2.67. The number of benzene rings is 1. The number of aromatic nitrogens is 1. The van der Waals surface area contributed by atoms with Gasteiger partial charge < -0.3 is 11.1 Å². The van der Waals surface area contributed by atoms with Gasteiger partial charge >= 0.3 is 5.69 Å². The maximum atomic E-state index is 11.1. The van der Waals surface area contributed by atoms with Gasteiger partial charge in [0.15, 0.2) is 0 Å². The third kappa shape index (κ3) is 2.05. The Morgan fingerprint density at radius 2 is 2.15 bits per heavy atom. The summed E-state index contributed by atoms with van der Waals surface area (Å²) < 4.78 is 0. The first-order valence-electron chi connectivity index (χ1n) is 6.40. The molecule has 2 aromatic rings. The monoisotopic (exact) mass is 270 g/mol. The number of anilines is 2. The van der Waals surface area contributed by atoms with Crippen molar-refractivity contribution in [1.29, 1.82) is 0 Å². The Morgan fingerprint density at radius 1 is 1.35 bits per heavy atom. The summed E-state index contributed by atoms with van der Waals surface area (Å²) in [5.74, 6) is 0.233. The number of aryl methyl sites for hydroxylation is 1. The van der Waals surface area contributed by atoms with Gasteiger partial charge in [-0.1, -0.05) is 24.3 Å². The molecule has 102 valence electrons. The molecule has 0 saturated carbocycles. The maximum Gasteiger partial charge on any atom is 0.334 e. The summed E-state index contributed by atoms with van der Waals surface area (Å²) in [5, 5.41) is 14.3. The summed E-state index contributed by atoms with van der Waals surface area (Å²) in [4.78, 5) is 14.7. The van der Waals surface area contributed by atoms with Gasteiger partial charge in [0.05, 0.1) is 11.0 Å². The summed E-state index contributed by atoms with van der Waals surface area (Å²) in [6.07, 6.45) is 3.34. The van der Waals surface area contributed by atoms with Crippen LogP contribution >= 0.6 is 0 Å². The van der Waals surface area contributed by atoms with Crippen LogP contribution in [0, 0.1) is 10.1 Å². The highest BCUT2D eigenvalue weighted by Crippen LogP contribution is 2.36. The second-order valence-corrected chi connectivity index (χ2v) is 4.79. The van der Waals surface area contributed by atoms with Crippen molar-refractivity contribution in [2.45, 2.75) is 18.9 Å². The van der Waals surface area contributed by atoms with E-state index in [2.05, 4.69) is 16.4 Å². The SMILES string of the molecule is Nc1ccnc(N[C@H]2CCc3ccccc32)c1[N+](=O)[O-]. The molecule has 0 radical (unpaired) electrons. The number of nitrogen functional groups attached to an aromatic ring is 1. The van der Waals surface area contributed by atoms with Gasteiger partial charge in [-0.05, 0) is 30.0 Å². The summed E-state index contributed by atoms with van der Waals surface area (Å²) in [6, 6.07) is 9.57. The molecule has 1 aliphatic rings. The molecule has 20 heavy (non-hydrogen) atoms. The predicted molar refractivity (Wildman–Crippen MR) is 76.4 cm³/mol. The number of nitro groups is 1. The first kappa shape index (κ1) is 12.4. The lowest BCUT2D eigenvalue weighted by molar-refractivity contribution is -0.383. The Morgan fingerprint density at radius 3 is 2.95 bits per heavy atom. The molecule has 6 nitrogen and oxygen atoms in total. The molecule has 0 saturated heterocycles. The molecule has 6 heteroatoms. The highest BCUT2D eigenvalue weighted by Gasteiger charge is 2.26. The molecule has 0 amide bonds. The van der Waals surface area contributed by atoms with E-state index < -0.39 is 4.92 Å². The molecular weight excluding hydrogens is 256 g/mol. The topological polar surface area (TPSA) is 94.1 Å². The molecule has 1 aliphatic carbocycles. The fourth-order valence-corrected chi connectivity index (χ4v) is 2.64. The van der Waals surface area contributed by atoms with Crippen LogP contribution in [0.25, 0.3) is 0 Å².